The summed E-state index contributed by atoms with van der Waals surface area (Å²) in [4.78, 5) is 26.3. The first-order valence-corrected chi connectivity index (χ1v) is 9.21. The average molecular weight is 369 g/mol. The Balaban J connectivity index is 1.43. The number of benzene rings is 2. The minimum absolute atomic E-state index is 0.0272. The monoisotopic (exact) mass is 369 g/mol. The van der Waals surface area contributed by atoms with Gasteiger partial charge in [0.2, 0.25) is 5.91 Å². The van der Waals surface area contributed by atoms with E-state index in [1.165, 1.54) is 17.7 Å². The Morgan fingerprint density at radius 2 is 1.74 bits per heavy atom. The van der Waals surface area contributed by atoms with Crippen LogP contribution in [0.2, 0.25) is 0 Å². The highest BCUT2D eigenvalue weighted by Gasteiger charge is 2.28. The number of carbonyl (C=O) groups excluding carboxylic acids is 2. The lowest BCUT2D eigenvalue weighted by atomic mass is 10.0. The van der Waals surface area contributed by atoms with E-state index in [2.05, 4.69) is 22.8 Å². The van der Waals surface area contributed by atoms with E-state index in [9.17, 15) is 14.0 Å². The van der Waals surface area contributed by atoms with Gasteiger partial charge in [0.15, 0.2) is 0 Å². The largest absolute Gasteiger partial charge is 0.338 e. The molecule has 1 unspecified atom stereocenters. The zero-order valence-corrected chi connectivity index (χ0v) is 15.2. The predicted octanol–water partition coefficient (Wildman–Crippen LogP) is 2.86. The second-order valence-electron chi connectivity index (χ2n) is 6.74. The fourth-order valence-corrected chi connectivity index (χ4v) is 3.37. The second-order valence-corrected chi connectivity index (χ2v) is 6.74. The van der Waals surface area contributed by atoms with E-state index < -0.39 is 6.03 Å². The Morgan fingerprint density at radius 1 is 1.00 bits per heavy atom. The number of urea groups is 1. The summed E-state index contributed by atoms with van der Waals surface area (Å²) in [5.41, 5.74) is 2.01. The topological polar surface area (TPSA) is 61.4 Å². The van der Waals surface area contributed by atoms with Gasteiger partial charge in [0.05, 0.1) is 6.54 Å². The van der Waals surface area contributed by atoms with Gasteiger partial charge < -0.3 is 15.5 Å². The van der Waals surface area contributed by atoms with Gasteiger partial charge in [0.25, 0.3) is 0 Å². The molecule has 2 N–H and O–H groups in total. The van der Waals surface area contributed by atoms with Crippen LogP contribution >= 0.6 is 0 Å². The van der Waals surface area contributed by atoms with Crippen LogP contribution in [0.15, 0.2) is 54.6 Å². The molecule has 3 rings (SSSR count). The van der Waals surface area contributed by atoms with Crippen molar-refractivity contribution in [2.24, 2.45) is 0 Å². The maximum Gasteiger partial charge on any atom is 0.315 e. The molecule has 27 heavy (non-hydrogen) atoms. The highest BCUT2D eigenvalue weighted by Crippen LogP contribution is 2.21. The van der Waals surface area contributed by atoms with E-state index >= 15 is 0 Å². The molecule has 6 heteroatoms. The molecular formula is C21H24FN3O2. The van der Waals surface area contributed by atoms with Gasteiger partial charge in [-0.3, -0.25) is 4.79 Å². The third-order valence-corrected chi connectivity index (χ3v) is 4.78. The van der Waals surface area contributed by atoms with Gasteiger partial charge in [-0.05, 0) is 42.5 Å². The second kappa shape index (κ2) is 9.16. The minimum atomic E-state index is -0.411. The molecular weight excluding hydrogens is 345 g/mol. The zero-order valence-electron chi connectivity index (χ0n) is 15.2. The smallest absolute Gasteiger partial charge is 0.315 e. The molecule has 0 bridgehead atoms. The van der Waals surface area contributed by atoms with Gasteiger partial charge in [-0.15, -0.1) is 0 Å². The molecule has 1 aliphatic rings. The first-order valence-electron chi connectivity index (χ1n) is 9.21. The van der Waals surface area contributed by atoms with Gasteiger partial charge in [-0.1, -0.05) is 42.5 Å². The van der Waals surface area contributed by atoms with Crippen molar-refractivity contribution < 1.29 is 14.0 Å². The Kier molecular flexibility index (Phi) is 6.41. The normalized spacial score (nSPS) is 16.2. The molecule has 1 saturated heterocycles. The van der Waals surface area contributed by atoms with Gasteiger partial charge in [0.1, 0.15) is 5.82 Å². The van der Waals surface area contributed by atoms with Gasteiger partial charge in [0, 0.05) is 19.1 Å². The van der Waals surface area contributed by atoms with Crippen LogP contribution < -0.4 is 10.6 Å². The molecule has 0 spiro atoms. The van der Waals surface area contributed by atoms with Crippen LogP contribution in [0, 0.1) is 5.82 Å². The molecule has 2 aromatic rings. The molecule has 0 saturated carbocycles. The van der Waals surface area contributed by atoms with Crippen molar-refractivity contribution in [1.29, 1.82) is 0 Å². The first-order chi connectivity index (χ1) is 13.1. The molecule has 0 radical (unpaired) electrons. The number of halogens is 1. The van der Waals surface area contributed by atoms with Crippen LogP contribution in [-0.4, -0.2) is 36.0 Å². The lowest BCUT2D eigenvalue weighted by Crippen LogP contribution is -2.45. The van der Waals surface area contributed by atoms with E-state index in [-0.39, 0.29) is 30.9 Å². The number of hydrogen-bond acceptors (Lipinski definition) is 2. The quantitative estimate of drug-likeness (QED) is 0.823. The molecule has 1 heterocycles. The van der Waals surface area contributed by atoms with Crippen molar-refractivity contribution in [1.82, 2.24) is 15.5 Å². The van der Waals surface area contributed by atoms with Crippen molar-refractivity contribution in [2.45, 2.75) is 31.8 Å². The average Bonchev–Trinajstić information content (AvgIpc) is 3.14. The summed E-state index contributed by atoms with van der Waals surface area (Å²) in [5, 5.41) is 5.28. The molecule has 5 nitrogen and oxygen atoms in total. The highest BCUT2D eigenvalue weighted by atomic mass is 19.1. The predicted molar refractivity (Wildman–Crippen MR) is 102 cm³/mol. The van der Waals surface area contributed by atoms with Crippen LogP contribution in [0.3, 0.4) is 0 Å². The van der Waals surface area contributed by atoms with Crippen molar-refractivity contribution in [3.8, 4) is 0 Å². The Labute approximate surface area is 158 Å². The first kappa shape index (κ1) is 18.9. The van der Waals surface area contributed by atoms with E-state index in [0.29, 0.717) is 0 Å². The lowest BCUT2D eigenvalue weighted by molar-refractivity contribution is -0.130. The number of nitrogens with zero attached hydrogens (tertiary/aromatic N) is 1. The molecule has 2 aromatic carbocycles. The Hall–Kier alpha value is -2.89. The van der Waals surface area contributed by atoms with E-state index in [1.807, 2.05) is 23.1 Å². The fourth-order valence-electron chi connectivity index (χ4n) is 3.37. The lowest BCUT2D eigenvalue weighted by Gasteiger charge is -2.25. The number of carbonyl (C=O) groups is 2. The van der Waals surface area contributed by atoms with Crippen molar-refractivity contribution >= 4 is 11.9 Å². The Morgan fingerprint density at radius 3 is 2.48 bits per heavy atom. The van der Waals surface area contributed by atoms with Crippen LogP contribution in [0.4, 0.5) is 9.18 Å². The van der Waals surface area contributed by atoms with Crippen LogP contribution in [0.25, 0.3) is 0 Å². The third kappa shape index (κ3) is 5.54. The van der Waals surface area contributed by atoms with Crippen molar-refractivity contribution in [2.75, 3.05) is 13.1 Å². The summed E-state index contributed by atoms with van der Waals surface area (Å²) in [5.74, 6) is -0.380. The van der Waals surface area contributed by atoms with E-state index in [1.54, 1.807) is 12.1 Å². The molecule has 1 aliphatic heterocycles. The summed E-state index contributed by atoms with van der Waals surface area (Å²) in [6.45, 7) is 0.983. The number of nitrogens with one attached hydrogen (secondary N) is 2. The SMILES string of the molecule is O=C(NCC(=O)N1CCCC1Cc1ccccc1)NCc1ccc(F)cc1. The van der Waals surface area contributed by atoms with Gasteiger partial charge in [-0.25, -0.2) is 9.18 Å². The highest BCUT2D eigenvalue weighted by molar-refractivity contribution is 5.84. The Bertz CT molecular complexity index is 765. The van der Waals surface area contributed by atoms with Crippen molar-refractivity contribution in [3.63, 3.8) is 0 Å². The summed E-state index contributed by atoms with van der Waals surface area (Å²) < 4.78 is 12.9. The number of rotatable bonds is 6. The third-order valence-electron chi connectivity index (χ3n) is 4.78. The minimum Gasteiger partial charge on any atom is -0.338 e. The summed E-state index contributed by atoms with van der Waals surface area (Å²) in [6.07, 6.45) is 2.81. The maximum atomic E-state index is 12.9. The molecule has 1 atom stereocenters. The molecule has 0 aliphatic carbocycles. The molecule has 3 amide bonds. The number of amides is 3. The van der Waals surface area contributed by atoms with Gasteiger partial charge in [-0.2, -0.15) is 0 Å². The number of hydrogen-bond donors (Lipinski definition) is 2. The van der Waals surface area contributed by atoms with E-state index in [0.717, 1.165) is 31.4 Å². The molecule has 1 fully saturated rings. The standard InChI is InChI=1S/C21H24FN3O2/c22-18-10-8-17(9-11-18)14-23-21(27)24-15-20(26)25-12-4-7-19(25)13-16-5-2-1-3-6-16/h1-3,5-6,8-11,19H,4,7,12-15H2,(H2,23,24,27). The van der Waals surface area contributed by atoms with Crippen LogP contribution in [0.1, 0.15) is 24.0 Å². The van der Waals surface area contributed by atoms with Crippen molar-refractivity contribution in [3.05, 3.63) is 71.5 Å². The zero-order chi connectivity index (χ0) is 19.1. The summed E-state index contributed by atoms with van der Waals surface area (Å²) in [6, 6.07) is 15.8. The maximum absolute atomic E-state index is 12.9. The van der Waals surface area contributed by atoms with Crippen LogP contribution in [0.5, 0.6) is 0 Å². The summed E-state index contributed by atoms with van der Waals surface area (Å²) in [7, 11) is 0. The molecule has 142 valence electrons. The summed E-state index contributed by atoms with van der Waals surface area (Å²) >= 11 is 0. The van der Waals surface area contributed by atoms with E-state index in [4.69, 9.17) is 0 Å². The number of likely N-dealkylation sites (tertiary alicyclic amines) is 1. The molecule has 0 aromatic heterocycles. The van der Waals surface area contributed by atoms with Crippen LogP contribution in [-0.2, 0) is 17.8 Å². The van der Waals surface area contributed by atoms with Gasteiger partial charge >= 0.3 is 6.03 Å². The fraction of sp³-hybridized carbons (Fsp3) is 0.333.